The van der Waals surface area contributed by atoms with Crippen LogP contribution in [0.15, 0.2) is 0 Å². The Labute approximate surface area is 108 Å². The lowest BCUT2D eigenvalue weighted by Gasteiger charge is -2.27. The second kappa shape index (κ2) is 6.04. The largest absolute Gasteiger partial charge is 0.548 e. The summed E-state index contributed by atoms with van der Waals surface area (Å²) in [5.41, 5.74) is -1.19. The summed E-state index contributed by atoms with van der Waals surface area (Å²) >= 11 is 0. The van der Waals surface area contributed by atoms with E-state index in [2.05, 4.69) is 5.32 Å². The maximum absolute atomic E-state index is 11.4. The number of carbonyl (C=O) groups excluding carboxylic acids is 2. The Morgan fingerprint density at radius 3 is 1.94 bits per heavy atom. The molecule has 0 aliphatic heterocycles. The Balaban J connectivity index is 4.37. The Hall–Kier alpha value is -1.30. The molecule has 0 rings (SSSR count). The van der Waals surface area contributed by atoms with Crippen molar-refractivity contribution in [3.05, 3.63) is 0 Å². The maximum atomic E-state index is 11.4. The van der Waals surface area contributed by atoms with Crippen LogP contribution >= 0.6 is 0 Å². The Morgan fingerprint density at radius 1 is 1.11 bits per heavy atom. The molecule has 1 amide bonds. The fourth-order valence-corrected chi connectivity index (χ4v) is 0.952. The lowest BCUT2D eigenvalue weighted by atomic mass is 10.2. The predicted molar refractivity (Wildman–Crippen MR) is 63.9 cm³/mol. The lowest BCUT2D eigenvalue weighted by molar-refractivity contribution is -0.309. The standard InChI is InChI=1S/C12H23NO5/c1-11(2,3)17-7-8(9(14)15)13-10(16)18-12(4,5)6/h8H,7H2,1-6H3,(H,13,16)(H,14,15)/p-1. The number of aliphatic carboxylic acids is 1. The molecule has 1 unspecified atom stereocenters. The molecule has 106 valence electrons. The molecule has 0 radical (unpaired) electrons. The van der Waals surface area contributed by atoms with Gasteiger partial charge in [-0.3, -0.25) is 0 Å². The van der Waals surface area contributed by atoms with Gasteiger partial charge in [0.2, 0.25) is 0 Å². The first kappa shape index (κ1) is 16.7. The smallest absolute Gasteiger partial charge is 0.408 e. The van der Waals surface area contributed by atoms with Crippen LogP contribution in [-0.2, 0) is 14.3 Å². The number of carboxylic acids is 1. The van der Waals surface area contributed by atoms with Crippen LogP contribution in [0.1, 0.15) is 41.5 Å². The van der Waals surface area contributed by atoms with Crippen molar-refractivity contribution in [1.82, 2.24) is 5.32 Å². The van der Waals surface area contributed by atoms with Gasteiger partial charge in [0, 0.05) is 0 Å². The van der Waals surface area contributed by atoms with E-state index in [9.17, 15) is 14.7 Å². The fourth-order valence-electron chi connectivity index (χ4n) is 0.952. The molecule has 1 atom stereocenters. The molecule has 1 N–H and O–H groups in total. The highest BCUT2D eigenvalue weighted by atomic mass is 16.6. The van der Waals surface area contributed by atoms with E-state index >= 15 is 0 Å². The minimum atomic E-state index is -1.41. The third-order valence-electron chi connectivity index (χ3n) is 1.66. The summed E-state index contributed by atoms with van der Waals surface area (Å²) in [6.07, 6.45) is -0.811. The highest BCUT2D eigenvalue weighted by molar-refractivity contribution is 5.78. The van der Waals surface area contributed by atoms with Gasteiger partial charge in [-0.15, -0.1) is 0 Å². The number of rotatable bonds is 4. The summed E-state index contributed by atoms with van der Waals surface area (Å²) in [6.45, 7) is 10.2. The molecule has 6 heteroatoms. The molecule has 0 spiro atoms. The number of hydrogen-bond donors (Lipinski definition) is 1. The molecule has 0 bridgehead atoms. The van der Waals surface area contributed by atoms with Gasteiger partial charge in [0.25, 0.3) is 0 Å². The van der Waals surface area contributed by atoms with Gasteiger partial charge in [-0.2, -0.15) is 0 Å². The quantitative estimate of drug-likeness (QED) is 0.792. The predicted octanol–water partition coefficient (Wildman–Crippen LogP) is 0.445. The monoisotopic (exact) mass is 260 g/mol. The first-order valence-corrected chi connectivity index (χ1v) is 5.75. The van der Waals surface area contributed by atoms with Crippen LogP contribution in [-0.4, -0.2) is 35.9 Å². The number of alkyl carbamates (subject to hydrolysis) is 1. The van der Waals surface area contributed by atoms with Gasteiger partial charge < -0.3 is 24.7 Å². The number of carboxylic acid groups (broad SMARTS) is 1. The average molecular weight is 260 g/mol. The van der Waals surface area contributed by atoms with E-state index in [1.165, 1.54) is 0 Å². The van der Waals surface area contributed by atoms with E-state index < -0.39 is 29.3 Å². The highest BCUT2D eigenvalue weighted by Gasteiger charge is 2.22. The molecule has 0 aromatic rings. The summed E-state index contributed by atoms with van der Waals surface area (Å²) < 4.78 is 10.2. The zero-order chi connectivity index (χ0) is 14.6. The number of ether oxygens (including phenoxy) is 2. The van der Waals surface area contributed by atoms with Crippen LogP contribution in [0.3, 0.4) is 0 Å². The van der Waals surface area contributed by atoms with Crippen LogP contribution in [0, 0.1) is 0 Å². The first-order chi connectivity index (χ1) is 7.91. The second-order valence-electron chi connectivity index (χ2n) is 5.94. The first-order valence-electron chi connectivity index (χ1n) is 5.75. The third kappa shape index (κ3) is 8.81. The SMILES string of the molecule is CC(C)(C)OCC(NC(=O)OC(C)(C)C)C(=O)[O-]. The van der Waals surface area contributed by atoms with Gasteiger partial charge >= 0.3 is 6.09 Å². The van der Waals surface area contributed by atoms with E-state index in [4.69, 9.17) is 9.47 Å². The molecule has 18 heavy (non-hydrogen) atoms. The molecule has 6 nitrogen and oxygen atoms in total. The summed E-state index contributed by atoms with van der Waals surface area (Å²) in [4.78, 5) is 22.3. The minimum absolute atomic E-state index is 0.176. The van der Waals surface area contributed by atoms with Crippen LogP contribution in [0.4, 0.5) is 4.79 Å². The van der Waals surface area contributed by atoms with Crippen molar-refractivity contribution in [2.24, 2.45) is 0 Å². The normalized spacial score (nSPS) is 13.9. The number of nitrogens with one attached hydrogen (secondary N) is 1. The van der Waals surface area contributed by atoms with Gasteiger partial charge in [-0.1, -0.05) is 0 Å². The number of carbonyl (C=O) groups is 2. The maximum Gasteiger partial charge on any atom is 0.408 e. The summed E-state index contributed by atoms with van der Waals surface area (Å²) in [5, 5.41) is 13.1. The van der Waals surface area contributed by atoms with Crippen molar-refractivity contribution in [1.29, 1.82) is 0 Å². The van der Waals surface area contributed by atoms with Crippen LogP contribution in [0.25, 0.3) is 0 Å². The Bertz CT molecular complexity index is 301. The highest BCUT2D eigenvalue weighted by Crippen LogP contribution is 2.09. The number of hydrogen-bond acceptors (Lipinski definition) is 5. The topological polar surface area (TPSA) is 87.7 Å². The van der Waals surface area contributed by atoms with Crippen molar-refractivity contribution in [2.75, 3.05) is 6.61 Å². The van der Waals surface area contributed by atoms with E-state index in [0.29, 0.717) is 0 Å². The van der Waals surface area contributed by atoms with Crippen LogP contribution in [0.5, 0.6) is 0 Å². The molecule has 0 aliphatic carbocycles. The average Bonchev–Trinajstić information content (AvgIpc) is 2.06. The molecule has 0 saturated carbocycles. The zero-order valence-electron chi connectivity index (χ0n) is 11.8. The molecule has 0 saturated heterocycles. The lowest BCUT2D eigenvalue weighted by Crippen LogP contribution is -2.52. The molecule has 0 fully saturated rings. The van der Waals surface area contributed by atoms with Crippen molar-refractivity contribution < 1.29 is 24.2 Å². The van der Waals surface area contributed by atoms with Gasteiger partial charge in [0.1, 0.15) is 5.60 Å². The molecule has 0 aromatic heterocycles. The van der Waals surface area contributed by atoms with E-state index in [1.54, 1.807) is 41.5 Å². The Morgan fingerprint density at radius 2 is 1.61 bits per heavy atom. The van der Waals surface area contributed by atoms with Crippen molar-refractivity contribution in [3.8, 4) is 0 Å². The summed E-state index contributed by atoms with van der Waals surface area (Å²) in [5.74, 6) is -1.41. The van der Waals surface area contributed by atoms with E-state index in [-0.39, 0.29) is 6.61 Å². The van der Waals surface area contributed by atoms with Crippen molar-refractivity contribution in [2.45, 2.75) is 58.8 Å². The summed E-state index contributed by atoms with van der Waals surface area (Å²) in [7, 11) is 0. The molecule has 0 aliphatic rings. The molecule has 0 aromatic carbocycles. The van der Waals surface area contributed by atoms with Gasteiger partial charge in [0.15, 0.2) is 0 Å². The van der Waals surface area contributed by atoms with E-state index in [0.717, 1.165) is 0 Å². The van der Waals surface area contributed by atoms with Crippen LogP contribution < -0.4 is 10.4 Å². The molecular formula is C12H22NO5-. The fraction of sp³-hybridized carbons (Fsp3) is 0.833. The number of amides is 1. The minimum Gasteiger partial charge on any atom is -0.548 e. The summed E-state index contributed by atoms with van der Waals surface area (Å²) in [6, 6.07) is -1.24. The van der Waals surface area contributed by atoms with Gasteiger partial charge in [0.05, 0.1) is 24.2 Å². The Kier molecular flexibility index (Phi) is 5.60. The van der Waals surface area contributed by atoms with Gasteiger partial charge in [-0.25, -0.2) is 4.79 Å². The third-order valence-corrected chi connectivity index (χ3v) is 1.66. The van der Waals surface area contributed by atoms with Crippen LogP contribution in [0.2, 0.25) is 0 Å². The van der Waals surface area contributed by atoms with Crippen molar-refractivity contribution in [3.63, 3.8) is 0 Å². The van der Waals surface area contributed by atoms with E-state index in [1.807, 2.05) is 0 Å². The van der Waals surface area contributed by atoms with Gasteiger partial charge in [-0.05, 0) is 41.5 Å². The zero-order valence-corrected chi connectivity index (χ0v) is 11.8. The second-order valence-corrected chi connectivity index (χ2v) is 5.94. The van der Waals surface area contributed by atoms with Crippen molar-refractivity contribution >= 4 is 12.1 Å². The molecular weight excluding hydrogens is 238 g/mol. The molecule has 0 heterocycles.